The van der Waals surface area contributed by atoms with Gasteiger partial charge in [-0.2, -0.15) is 0 Å². The summed E-state index contributed by atoms with van der Waals surface area (Å²) in [6, 6.07) is 27.8. The van der Waals surface area contributed by atoms with E-state index < -0.39 is 10.0 Å². The smallest absolute Gasteiger partial charge is 0.261 e. The summed E-state index contributed by atoms with van der Waals surface area (Å²) in [6.45, 7) is 3.85. The summed E-state index contributed by atoms with van der Waals surface area (Å²) in [5.41, 5.74) is 3.96. The number of hydrogen-bond acceptors (Lipinski definition) is 6. The number of nitrogens with zero attached hydrogens (tertiary/aromatic N) is 4. The van der Waals surface area contributed by atoms with E-state index in [1.54, 1.807) is 24.3 Å². The number of benzene rings is 3. The molecule has 3 aromatic carbocycles. The van der Waals surface area contributed by atoms with Crippen LogP contribution in [-0.2, 0) is 10.0 Å². The number of likely N-dealkylation sites (N-methyl/N-ethyl adjacent to an activating group) is 1. The molecule has 178 valence electrons. The first kappa shape index (κ1) is 23.0. The number of sulfonamides is 1. The topological polar surface area (TPSA) is 78.4 Å². The third kappa shape index (κ3) is 5.34. The third-order valence-corrected chi connectivity index (χ3v) is 7.56. The second-order valence-electron chi connectivity index (χ2n) is 8.64. The molecule has 0 bridgehead atoms. The van der Waals surface area contributed by atoms with E-state index in [4.69, 9.17) is 0 Å². The lowest BCUT2D eigenvalue weighted by Crippen LogP contribution is -2.44. The molecule has 2 heterocycles. The Kier molecular flexibility index (Phi) is 6.48. The van der Waals surface area contributed by atoms with Gasteiger partial charge in [0.2, 0.25) is 0 Å². The summed E-state index contributed by atoms with van der Waals surface area (Å²) in [5, 5.41) is 8.80. The van der Waals surface area contributed by atoms with E-state index in [0.717, 1.165) is 48.7 Å². The summed E-state index contributed by atoms with van der Waals surface area (Å²) in [5.74, 6) is 0.859. The van der Waals surface area contributed by atoms with Gasteiger partial charge < -0.3 is 9.80 Å². The highest BCUT2D eigenvalue weighted by molar-refractivity contribution is 7.92. The molecule has 0 saturated carbocycles. The van der Waals surface area contributed by atoms with Crippen molar-refractivity contribution in [3.63, 3.8) is 0 Å². The van der Waals surface area contributed by atoms with Crippen molar-refractivity contribution in [2.75, 3.05) is 42.8 Å². The second kappa shape index (κ2) is 9.85. The van der Waals surface area contributed by atoms with Crippen LogP contribution in [0.4, 0.5) is 11.5 Å². The normalized spacial score (nSPS) is 14.6. The summed E-state index contributed by atoms with van der Waals surface area (Å²) in [4.78, 5) is 4.73. The third-order valence-electron chi connectivity index (χ3n) is 6.16. The lowest BCUT2D eigenvalue weighted by molar-refractivity contribution is 0.312. The fourth-order valence-corrected chi connectivity index (χ4v) is 5.15. The Labute approximate surface area is 206 Å². The van der Waals surface area contributed by atoms with Crippen molar-refractivity contribution in [3.05, 3.63) is 91.0 Å². The molecule has 0 atom stereocenters. The van der Waals surface area contributed by atoms with E-state index in [1.165, 1.54) is 0 Å². The highest BCUT2D eigenvalue weighted by Crippen LogP contribution is 2.25. The van der Waals surface area contributed by atoms with Crippen LogP contribution in [0, 0.1) is 0 Å². The lowest BCUT2D eigenvalue weighted by Gasteiger charge is -2.32. The van der Waals surface area contributed by atoms with Crippen LogP contribution in [0.25, 0.3) is 22.4 Å². The molecule has 0 spiro atoms. The van der Waals surface area contributed by atoms with Gasteiger partial charge in [-0.15, -0.1) is 10.2 Å². The van der Waals surface area contributed by atoms with Crippen LogP contribution < -0.4 is 9.62 Å². The monoisotopic (exact) mass is 485 g/mol. The molecule has 1 aliphatic rings. The maximum Gasteiger partial charge on any atom is 0.261 e. The largest absolute Gasteiger partial charge is 0.353 e. The van der Waals surface area contributed by atoms with Gasteiger partial charge in [0, 0.05) is 37.4 Å². The number of nitrogens with one attached hydrogen (secondary N) is 1. The average Bonchev–Trinajstić information content (AvgIpc) is 2.90. The van der Waals surface area contributed by atoms with Crippen molar-refractivity contribution in [3.8, 4) is 22.4 Å². The molecule has 8 heteroatoms. The Hall–Kier alpha value is -3.75. The van der Waals surface area contributed by atoms with Gasteiger partial charge in [-0.3, -0.25) is 4.72 Å². The molecule has 1 aliphatic heterocycles. The van der Waals surface area contributed by atoms with E-state index in [-0.39, 0.29) is 4.90 Å². The quantitative estimate of drug-likeness (QED) is 0.437. The van der Waals surface area contributed by atoms with Gasteiger partial charge in [-0.25, -0.2) is 8.42 Å². The summed E-state index contributed by atoms with van der Waals surface area (Å²) >= 11 is 0. The van der Waals surface area contributed by atoms with Crippen LogP contribution in [-0.4, -0.2) is 56.7 Å². The summed E-state index contributed by atoms with van der Waals surface area (Å²) in [7, 11) is -1.62. The van der Waals surface area contributed by atoms with Gasteiger partial charge in [-0.1, -0.05) is 54.6 Å². The van der Waals surface area contributed by atoms with E-state index in [2.05, 4.69) is 31.8 Å². The average molecular weight is 486 g/mol. The molecule has 5 rings (SSSR count). The molecule has 1 fully saturated rings. The first-order valence-corrected chi connectivity index (χ1v) is 13.0. The van der Waals surface area contributed by atoms with Gasteiger partial charge in [-0.05, 0) is 54.6 Å². The first-order chi connectivity index (χ1) is 17.0. The molecule has 1 saturated heterocycles. The van der Waals surface area contributed by atoms with E-state index in [0.29, 0.717) is 11.4 Å². The minimum atomic E-state index is -3.73. The summed E-state index contributed by atoms with van der Waals surface area (Å²) < 4.78 is 28.7. The van der Waals surface area contributed by atoms with Crippen molar-refractivity contribution in [1.29, 1.82) is 0 Å². The zero-order valence-corrected chi connectivity index (χ0v) is 20.3. The van der Waals surface area contributed by atoms with Crippen molar-refractivity contribution in [2.24, 2.45) is 0 Å². The maximum absolute atomic E-state index is 13.0. The fourth-order valence-electron chi connectivity index (χ4n) is 4.10. The van der Waals surface area contributed by atoms with Gasteiger partial charge in [0.05, 0.1) is 10.6 Å². The molecule has 1 aromatic heterocycles. The highest BCUT2D eigenvalue weighted by atomic mass is 32.2. The van der Waals surface area contributed by atoms with Crippen LogP contribution in [0.5, 0.6) is 0 Å². The van der Waals surface area contributed by atoms with Crippen molar-refractivity contribution >= 4 is 21.5 Å². The number of anilines is 2. The van der Waals surface area contributed by atoms with E-state index in [1.807, 2.05) is 66.7 Å². The molecule has 4 aromatic rings. The molecular formula is C27H27N5O2S. The number of hydrogen-bond donors (Lipinski definition) is 1. The first-order valence-electron chi connectivity index (χ1n) is 11.5. The summed E-state index contributed by atoms with van der Waals surface area (Å²) in [6.07, 6.45) is 0. The van der Waals surface area contributed by atoms with Crippen LogP contribution in [0.15, 0.2) is 95.9 Å². The molecule has 0 amide bonds. The number of rotatable bonds is 6. The predicted molar refractivity (Wildman–Crippen MR) is 140 cm³/mol. The molecule has 0 radical (unpaired) electrons. The Morgan fingerprint density at radius 1 is 0.714 bits per heavy atom. The Morgan fingerprint density at radius 2 is 1.40 bits per heavy atom. The van der Waals surface area contributed by atoms with Crippen LogP contribution in [0.2, 0.25) is 0 Å². The van der Waals surface area contributed by atoms with Crippen molar-refractivity contribution in [1.82, 2.24) is 15.1 Å². The van der Waals surface area contributed by atoms with Crippen molar-refractivity contribution < 1.29 is 8.42 Å². The fraction of sp³-hybridized carbons (Fsp3) is 0.185. The maximum atomic E-state index is 13.0. The van der Waals surface area contributed by atoms with Crippen molar-refractivity contribution in [2.45, 2.75) is 4.90 Å². The van der Waals surface area contributed by atoms with Crippen LogP contribution >= 0.6 is 0 Å². The zero-order valence-electron chi connectivity index (χ0n) is 19.5. The van der Waals surface area contributed by atoms with E-state index >= 15 is 0 Å². The molecule has 35 heavy (non-hydrogen) atoms. The number of piperazine rings is 1. The van der Waals surface area contributed by atoms with Gasteiger partial charge in [0.15, 0.2) is 5.82 Å². The SMILES string of the molecule is CN1CCN(c2ccc(-c3cccc(NS(=O)(=O)c4ccc(-c5ccccc5)cc4)c3)nn2)CC1. The molecular weight excluding hydrogens is 458 g/mol. The van der Waals surface area contributed by atoms with E-state index in [9.17, 15) is 8.42 Å². The highest BCUT2D eigenvalue weighted by Gasteiger charge is 2.17. The predicted octanol–water partition coefficient (Wildman–Crippen LogP) is 4.36. The Morgan fingerprint density at radius 3 is 2.09 bits per heavy atom. The zero-order chi connectivity index (χ0) is 24.3. The molecule has 0 aliphatic carbocycles. The standard InChI is InChI=1S/C27H27N5O2S/c1-31-16-18-32(19-17-31)27-15-14-26(28-29-27)23-8-5-9-24(20-23)30-35(33,34)25-12-10-22(11-13-25)21-6-3-2-4-7-21/h2-15,20,30H,16-19H2,1H3. The Balaban J connectivity index is 1.30. The lowest BCUT2D eigenvalue weighted by atomic mass is 10.1. The van der Waals surface area contributed by atoms with Crippen LogP contribution in [0.3, 0.4) is 0 Å². The van der Waals surface area contributed by atoms with Gasteiger partial charge in [0.1, 0.15) is 0 Å². The molecule has 7 nitrogen and oxygen atoms in total. The van der Waals surface area contributed by atoms with Gasteiger partial charge in [0.25, 0.3) is 10.0 Å². The minimum Gasteiger partial charge on any atom is -0.353 e. The van der Waals surface area contributed by atoms with Gasteiger partial charge >= 0.3 is 0 Å². The van der Waals surface area contributed by atoms with Crippen LogP contribution in [0.1, 0.15) is 0 Å². The number of aromatic nitrogens is 2. The second-order valence-corrected chi connectivity index (χ2v) is 10.3. The molecule has 0 unspecified atom stereocenters. The molecule has 1 N–H and O–H groups in total. The Bertz CT molecular complexity index is 1380. The minimum absolute atomic E-state index is 0.207.